The molecule has 1 fully saturated rings. The van der Waals surface area contributed by atoms with Gasteiger partial charge in [-0.1, -0.05) is 33.2 Å². The molecule has 3 rings (SSSR count). The van der Waals surface area contributed by atoms with Crippen molar-refractivity contribution in [2.24, 2.45) is 0 Å². The van der Waals surface area contributed by atoms with Gasteiger partial charge in [-0.2, -0.15) is 4.98 Å². The summed E-state index contributed by atoms with van der Waals surface area (Å²) >= 11 is 3.49. The number of ether oxygens (including phenoxy) is 1. The average molecular weight is 324 g/mol. The molecule has 0 unspecified atom stereocenters. The summed E-state index contributed by atoms with van der Waals surface area (Å²) in [5.74, 6) is 1.22. The fourth-order valence-electron chi connectivity index (χ4n) is 2.20. The van der Waals surface area contributed by atoms with Gasteiger partial charge in [0.2, 0.25) is 11.7 Å². The molecule has 2 atom stereocenters. The van der Waals surface area contributed by atoms with Gasteiger partial charge in [0.15, 0.2) is 0 Å². The molecule has 100 valence electrons. The molecule has 6 heteroatoms. The number of hydrogen-bond donors (Lipinski definition) is 1. The van der Waals surface area contributed by atoms with Gasteiger partial charge in [0.25, 0.3) is 0 Å². The molecule has 1 aliphatic rings. The van der Waals surface area contributed by atoms with Crippen LogP contribution in [0.4, 0.5) is 0 Å². The van der Waals surface area contributed by atoms with Crippen molar-refractivity contribution in [2.45, 2.75) is 18.6 Å². The predicted molar refractivity (Wildman–Crippen MR) is 73.6 cm³/mol. The molecule has 1 aromatic carbocycles. The second kappa shape index (κ2) is 5.40. The molecule has 0 spiro atoms. The van der Waals surface area contributed by atoms with Gasteiger partial charge in [-0.15, -0.1) is 0 Å². The standard InChI is InChI=1S/C13H14BrN3O2/c1-18-8-6-11(15-7-8)13-16-12(17-19-13)9-4-2-3-5-10(9)14/h2-5,8,11,15H,6-7H2,1H3/t8-,11+/m0/s1. The lowest BCUT2D eigenvalue weighted by Crippen LogP contribution is -2.16. The monoisotopic (exact) mass is 323 g/mol. The summed E-state index contributed by atoms with van der Waals surface area (Å²) in [5.41, 5.74) is 0.929. The van der Waals surface area contributed by atoms with Gasteiger partial charge in [-0.3, -0.25) is 0 Å². The Morgan fingerprint density at radius 3 is 3.00 bits per heavy atom. The summed E-state index contributed by atoms with van der Waals surface area (Å²) in [6, 6.07) is 7.90. The molecule has 0 saturated carbocycles. The number of methoxy groups -OCH3 is 1. The van der Waals surface area contributed by atoms with Crippen LogP contribution in [0.3, 0.4) is 0 Å². The summed E-state index contributed by atoms with van der Waals surface area (Å²) in [6.07, 6.45) is 1.07. The van der Waals surface area contributed by atoms with Gasteiger partial charge in [0.1, 0.15) is 0 Å². The minimum atomic E-state index is 0.0775. The van der Waals surface area contributed by atoms with Crippen LogP contribution >= 0.6 is 15.9 Å². The molecule has 1 aliphatic heterocycles. The third kappa shape index (κ3) is 2.56. The highest BCUT2D eigenvalue weighted by Crippen LogP contribution is 2.28. The van der Waals surface area contributed by atoms with Crippen LogP contribution in [-0.4, -0.2) is 29.9 Å². The molecule has 1 N–H and O–H groups in total. The molecule has 5 nitrogen and oxygen atoms in total. The molecule has 0 amide bonds. The molecule has 0 bridgehead atoms. The topological polar surface area (TPSA) is 60.2 Å². The first-order valence-electron chi connectivity index (χ1n) is 6.12. The second-order valence-corrected chi connectivity index (χ2v) is 5.34. The highest BCUT2D eigenvalue weighted by molar-refractivity contribution is 9.10. The maximum Gasteiger partial charge on any atom is 0.244 e. The van der Waals surface area contributed by atoms with Gasteiger partial charge in [-0.05, 0) is 18.6 Å². The van der Waals surface area contributed by atoms with Gasteiger partial charge < -0.3 is 14.6 Å². The van der Waals surface area contributed by atoms with E-state index < -0.39 is 0 Å². The second-order valence-electron chi connectivity index (χ2n) is 4.49. The Balaban J connectivity index is 1.82. The first-order chi connectivity index (χ1) is 9.28. The van der Waals surface area contributed by atoms with E-state index in [-0.39, 0.29) is 12.1 Å². The van der Waals surface area contributed by atoms with E-state index in [1.54, 1.807) is 7.11 Å². The predicted octanol–water partition coefficient (Wildman–Crippen LogP) is 2.55. The van der Waals surface area contributed by atoms with Crippen molar-refractivity contribution in [2.75, 3.05) is 13.7 Å². The minimum absolute atomic E-state index is 0.0775. The van der Waals surface area contributed by atoms with Crippen molar-refractivity contribution < 1.29 is 9.26 Å². The van der Waals surface area contributed by atoms with E-state index in [9.17, 15) is 0 Å². The fraction of sp³-hybridized carbons (Fsp3) is 0.385. The first-order valence-corrected chi connectivity index (χ1v) is 6.92. The lowest BCUT2D eigenvalue weighted by Gasteiger charge is -2.04. The number of aromatic nitrogens is 2. The van der Waals surface area contributed by atoms with E-state index in [2.05, 4.69) is 31.4 Å². The SMILES string of the molecule is CO[C@@H]1CN[C@@H](c2nc(-c3ccccc3Br)no2)C1. The van der Waals surface area contributed by atoms with E-state index in [0.29, 0.717) is 11.7 Å². The number of nitrogens with one attached hydrogen (secondary N) is 1. The lowest BCUT2D eigenvalue weighted by molar-refractivity contribution is 0.116. The Bertz CT molecular complexity index is 573. The number of nitrogens with zero attached hydrogens (tertiary/aromatic N) is 2. The Kier molecular flexibility index (Phi) is 3.63. The quantitative estimate of drug-likeness (QED) is 0.940. The van der Waals surface area contributed by atoms with Crippen molar-refractivity contribution in [1.29, 1.82) is 0 Å². The van der Waals surface area contributed by atoms with Crippen LogP contribution in [0.5, 0.6) is 0 Å². The van der Waals surface area contributed by atoms with E-state index in [0.717, 1.165) is 23.0 Å². The Hall–Kier alpha value is -1.24. The molecule has 0 radical (unpaired) electrons. The van der Waals surface area contributed by atoms with E-state index in [1.165, 1.54) is 0 Å². The summed E-state index contributed by atoms with van der Waals surface area (Å²) in [5, 5.41) is 7.37. The van der Waals surface area contributed by atoms with Crippen molar-refractivity contribution in [3.05, 3.63) is 34.6 Å². The van der Waals surface area contributed by atoms with Crippen LogP contribution in [0.2, 0.25) is 0 Å². The Morgan fingerprint density at radius 2 is 2.26 bits per heavy atom. The molecule has 19 heavy (non-hydrogen) atoms. The smallest absolute Gasteiger partial charge is 0.244 e. The lowest BCUT2D eigenvalue weighted by atomic mass is 10.2. The molecule has 0 aliphatic carbocycles. The van der Waals surface area contributed by atoms with Gasteiger partial charge in [-0.25, -0.2) is 0 Å². The molecular weight excluding hydrogens is 310 g/mol. The summed E-state index contributed by atoms with van der Waals surface area (Å²) in [4.78, 5) is 4.47. The number of halogens is 1. The number of benzene rings is 1. The van der Waals surface area contributed by atoms with Crippen LogP contribution < -0.4 is 5.32 Å². The normalized spacial score (nSPS) is 22.8. The zero-order valence-electron chi connectivity index (χ0n) is 10.5. The largest absolute Gasteiger partial charge is 0.380 e. The third-order valence-electron chi connectivity index (χ3n) is 3.28. The van der Waals surface area contributed by atoms with E-state index in [1.807, 2.05) is 24.3 Å². The van der Waals surface area contributed by atoms with Crippen LogP contribution in [0.25, 0.3) is 11.4 Å². The molecule has 2 heterocycles. The highest BCUT2D eigenvalue weighted by atomic mass is 79.9. The summed E-state index contributed by atoms with van der Waals surface area (Å²) in [6.45, 7) is 0.813. The average Bonchev–Trinajstić information content (AvgIpc) is 3.08. The molecular formula is C13H14BrN3O2. The number of rotatable bonds is 3. The zero-order valence-corrected chi connectivity index (χ0v) is 12.1. The van der Waals surface area contributed by atoms with E-state index in [4.69, 9.17) is 9.26 Å². The van der Waals surface area contributed by atoms with Crippen molar-refractivity contribution >= 4 is 15.9 Å². The van der Waals surface area contributed by atoms with Gasteiger partial charge in [0.05, 0.1) is 12.1 Å². The third-order valence-corrected chi connectivity index (χ3v) is 3.97. The molecule has 1 aromatic heterocycles. The van der Waals surface area contributed by atoms with Crippen LogP contribution in [-0.2, 0) is 4.74 Å². The zero-order chi connectivity index (χ0) is 13.2. The van der Waals surface area contributed by atoms with Gasteiger partial charge >= 0.3 is 0 Å². The van der Waals surface area contributed by atoms with Crippen molar-refractivity contribution in [1.82, 2.24) is 15.5 Å². The molecule has 2 aromatic rings. The van der Waals surface area contributed by atoms with Gasteiger partial charge in [0, 0.05) is 23.7 Å². The summed E-state index contributed by atoms with van der Waals surface area (Å²) < 4.78 is 11.6. The minimum Gasteiger partial charge on any atom is -0.380 e. The van der Waals surface area contributed by atoms with E-state index >= 15 is 0 Å². The summed E-state index contributed by atoms with van der Waals surface area (Å²) in [7, 11) is 1.72. The first kappa shape index (κ1) is 12.8. The Labute approximate surface area is 119 Å². The fourth-order valence-corrected chi connectivity index (χ4v) is 2.66. The molecule has 1 saturated heterocycles. The number of hydrogen-bond acceptors (Lipinski definition) is 5. The van der Waals surface area contributed by atoms with Crippen LogP contribution in [0, 0.1) is 0 Å². The highest BCUT2D eigenvalue weighted by Gasteiger charge is 2.29. The van der Waals surface area contributed by atoms with Crippen LogP contribution in [0.15, 0.2) is 33.3 Å². The van der Waals surface area contributed by atoms with Crippen molar-refractivity contribution in [3.8, 4) is 11.4 Å². The Morgan fingerprint density at radius 1 is 1.42 bits per heavy atom. The maximum absolute atomic E-state index is 5.35. The van der Waals surface area contributed by atoms with Crippen LogP contribution in [0.1, 0.15) is 18.4 Å². The maximum atomic E-state index is 5.35. The van der Waals surface area contributed by atoms with Crippen molar-refractivity contribution in [3.63, 3.8) is 0 Å².